The van der Waals surface area contributed by atoms with Gasteiger partial charge in [-0.2, -0.15) is 0 Å². The Hall–Kier alpha value is -1.84. The predicted molar refractivity (Wildman–Crippen MR) is 77.7 cm³/mol. The molecule has 3 rings (SSSR count). The Morgan fingerprint density at radius 2 is 2.00 bits per heavy atom. The number of amides is 2. The van der Waals surface area contributed by atoms with Crippen LogP contribution in [0.4, 0.5) is 5.69 Å². The minimum absolute atomic E-state index is 0.0244. The highest BCUT2D eigenvalue weighted by atomic mass is 16.2. The molecule has 1 aliphatic carbocycles. The van der Waals surface area contributed by atoms with E-state index in [1.54, 1.807) is 17.0 Å². The molecule has 1 heterocycles. The second kappa shape index (κ2) is 5.27. The van der Waals surface area contributed by atoms with E-state index in [2.05, 4.69) is 12.2 Å². The summed E-state index contributed by atoms with van der Waals surface area (Å²) in [5.41, 5.74) is 1.55. The number of hydrogen-bond acceptors (Lipinski definition) is 2. The van der Waals surface area contributed by atoms with Crippen molar-refractivity contribution in [3.8, 4) is 0 Å². The van der Waals surface area contributed by atoms with Crippen LogP contribution in [0.5, 0.6) is 0 Å². The normalized spacial score (nSPS) is 20.1. The quantitative estimate of drug-likeness (QED) is 0.914. The molecule has 4 heteroatoms. The van der Waals surface area contributed by atoms with Gasteiger partial charge >= 0.3 is 0 Å². The largest absolute Gasteiger partial charge is 0.349 e. The van der Waals surface area contributed by atoms with Crippen molar-refractivity contribution in [1.82, 2.24) is 5.32 Å². The van der Waals surface area contributed by atoms with Gasteiger partial charge < -0.3 is 10.2 Å². The Balaban J connectivity index is 1.65. The fraction of sp³-hybridized carbons (Fsp3) is 0.500. The van der Waals surface area contributed by atoms with Gasteiger partial charge in [0.1, 0.15) is 0 Å². The second-order valence-electron chi connectivity index (χ2n) is 5.80. The number of anilines is 1. The maximum Gasteiger partial charge on any atom is 0.251 e. The lowest BCUT2D eigenvalue weighted by Crippen LogP contribution is -2.34. The van der Waals surface area contributed by atoms with Crippen LogP contribution in [0.25, 0.3) is 0 Å². The molecular weight excluding hydrogens is 252 g/mol. The number of nitrogens with one attached hydrogen (secondary N) is 1. The van der Waals surface area contributed by atoms with Gasteiger partial charge in [0.05, 0.1) is 0 Å². The van der Waals surface area contributed by atoms with E-state index in [1.807, 2.05) is 12.1 Å². The second-order valence-corrected chi connectivity index (χ2v) is 5.80. The van der Waals surface area contributed by atoms with Crippen molar-refractivity contribution in [3.63, 3.8) is 0 Å². The SMILES string of the molecule is C[C@@H](NC(=O)c1ccc(N2CCCC2=O)cc1)C1CC1. The maximum absolute atomic E-state index is 12.1. The number of rotatable bonds is 4. The lowest BCUT2D eigenvalue weighted by Gasteiger charge is -2.16. The van der Waals surface area contributed by atoms with Crippen molar-refractivity contribution in [2.45, 2.75) is 38.6 Å². The van der Waals surface area contributed by atoms with Gasteiger partial charge in [0.25, 0.3) is 5.91 Å². The van der Waals surface area contributed by atoms with Gasteiger partial charge in [-0.1, -0.05) is 0 Å². The number of carbonyl (C=O) groups is 2. The molecule has 20 heavy (non-hydrogen) atoms. The van der Waals surface area contributed by atoms with Crippen LogP contribution in [-0.4, -0.2) is 24.4 Å². The highest BCUT2D eigenvalue weighted by molar-refractivity contribution is 5.97. The first-order valence-electron chi connectivity index (χ1n) is 7.36. The first-order chi connectivity index (χ1) is 9.65. The molecule has 0 radical (unpaired) electrons. The van der Waals surface area contributed by atoms with E-state index in [4.69, 9.17) is 0 Å². The summed E-state index contributed by atoms with van der Waals surface area (Å²) in [7, 11) is 0. The van der Waals surface area contributed by atoms with Gasteiger partial charge in [-0.25, -0.2) is 0 Å². The average Bonchev–Trinajstić information content (AvgIpc) is 3.21. The monoisotopic (exact) mass is 272 g/mol. The standard InChI is InChI=1S/C16H20N2O2/c1-11(12-4-5-12)17-16(20)13-6-8-14(9-7-13)18-10-2-3-15(18)19/h6-9,11-12H,2-5,10H2,1H3,(H,17,20)/t11-/m1/s1. The van der Waals surface area contributed by atoms with Crippen LogP contribution in [-0.2, 0) is 4.79 Å². The molecule has 2 fully saturated rings. The number of benzene rings is 1. The molecule has 2 aliphatic rings. The Kier molecular flexibility index (Phi) is 3.47. The molecule has 1 saturated heterocycles. The van der Waals surface area contributed by atoms with Crippen molar-refractivity contribution in [1.29, 1.82) is 0 Å². The van der Waals surface area contributed by atoms with E-state index < -0.39 is 0 Å². The lowest BCUT2D eigenvalue weighted by atomic mass is 10.1. The van der Waals surface area contributed by atoms with Crippen molar-refractivity contribution in [3.05, 3.63) is 29.8 Å². The fourth-order valence-electron chi connectivity index (χ4n) is 2.72. The summed E-state index contributed by atoms with van der Waals surface area (Å²) in [6.07, 6.45) is 3.98. The topological polar surface area (TPSA) is 49.4 Å². The molecule has 1 aliphatic heterocycles. The molecule has 1 aromatic carbocycles. The van der Waals surface area contributed by atoms with Crippen LogP contribution >= 0.6 is 0 Å². The molecule has 0 aromatic heterocycles. The van der Waals surface area contributed by atoms with E-state index in [-0.39, 0.29) is 17.9 Å². The molecule has 1 aromatic rings. The van der Waals surface area contributed by atoms with Crippen LogP contribution in [0, 0.1) is 5.92 Å². The summed E-state index contributed by atoms with van der Waals surface area (Å²) >= 11 is 0. The Morgan fingerprint density at radius 3 is 2.55 bits per heavy atom. The molecule has 0 spiro atoms. The predicted octanol–water partition coefficient (Wildman–Crippen LogP) is 2.34. The minimum atomic E-state index is -0.0244. The number of hydrogen-bond donors (Lipinski definition) is 1. The zero-order valence-corrected chi connectivity index (χ0v) is 11.8. The fourth-order valence-corrected chi connectivity index (χ4v) is 2.72. The summed E-state index contributed by atoms with van der Waals surface area (Å²) in [6.45, 7) is 2.84. The summed E-state index contributed by atoms with van der Waals surface area (Å²) in [4.78, 5) is 25.5. The number of carbonyl (C=O) groups excluding carboxylic acids is 2. The molecule has 1 saturated carbocycles. The minimum Gasteiger partial charge on any atom is -0.349 e. The van der Waals surface area contributed by atoms with E-state index in [0.29, 0.717) is 17.9 Å². The Bertz CT molecular complexity index is 520. The summed E-state index contributed by atoms with van der Waals surface area (Å²) in [6, 6.07) is 7.58. The Morgan fingerprint density at radius 1 is 1.30 bits per heavy atom. The zero-order chi connectivity index (χ0) is 14.1. The summed E-state index contributed by atoms with van der Waals surface area (Å²) in [5, 5.41) is 3.04. The van der Waals surface area contributed by atoms with Gasteiger partial charge in [-0.05, 0) is 56.4 Å². The average molecular weight is 272 g/mol. The highest BCUT2D eigenvalue weighted by Gasteiger charge is 2.29. The maximum atomic E-state index is 12.1. The van der Waals surface area contributed by atoms with E-state index in [9.17, 15) is 9.59 Å². The first kappa shape index (κ1) is 13.2. The van der Waals surface area contributed by atoms with E-state index in [1.165, 1.54) is 12.8 Å². The van der Waals surface area contributed by atoms with Crippen LogP contribution < -0.4 is 10.2 Å². The molecule has 1 N–H and O–H groups in total. The van der Waals surface area contributed by atoms with Crippen LogP contribution in [0.15, 0.2) is 24.3 Å². The third-order valence-electron chi connectivity index (χ3n) is 4.20. The molecule has 2 amide bonds. The van der Waals surface area contributed by atoms with Gasteiger partial charge in [0.15, 0.2) is 0 Å². The molecule has 0 bridgehead atoms. The van der Waals surface area contributed by atoms with Crippen molar-refractivity contribution < 1.29 is 9.59 Å². The Labute approximate surface area is 119 Å². The van der Waals surface area contributed by atoms with E-state index >= 15 is 0 Å². The van der Waals surface area contributed by atoms with E-state index in [0.717, 1.165) is 18.7 Å². The third-order valence-corrected chi connectivity index (χ3v) is 4.20. The summed E-state index contributed by atoms with van der Waals surface area (Å²) in [5.74, 6) is 0.800. The first-order valence-corrected chi connectivity index (χ1v) is 7.36. The summed E-state index contributed by atoms with van der Waals surface area (Å²) < 4.78 is 0. The molecular formula is C16H20N2O2. The van der Waals surface area contributed by atoms with Crippen LogP contribution in [0.1, 0.15) is 43.0 Å². The van der Waals surface area contributed by atoms with Gasteiger partial charge in [0, 0.05) is 30.3 Å². The smallest absolute Gasteiger partial charge is 0.251 e. The molecule has 1 atom stereocenters. The highest BCUT2D eigenvalue weighted by Crippen LogP contribution is 2.32. The van der Waals surface area contributed by atoms with Crippen LogP contribution in [0.2, 0.25) is 0 Å². The molecule has 106 valence electrons. The molecule has 4 nitrogen and oxygen atoms in total. The van der Waals surface area contributed by atoms with Crippen molar-refractivity contribution in [2.75, 3.05) is 11.4 Å². The number of nitrogens with zero attached hydrogens (tertiary/aromatic N) is 1. The van der Waals surface area contributed by atoms with Gasteiger partial charge in [-0.15, -0.1) is 0 Å². The lowest BCUT2D eigenvalue weighted by molar-refractivity contribution is -0.117. The third kappa shape index (κ3) is 2.69. The van der Waals surface area contributed by atoms with Crippen LogP contribution in [0.3, 0.4) is 0 Å². The van der Waals surface area contributed by atoms with Gasteiger partial charge in [0.2, 0.25) is 5.91 Å². The van der Waals surface area contributed by atoms with Crippen molar-refractivity contribution >= 4 is 17.5 Å². The zero-order valence-electron chi connectivity index (χ0n) is 11.8. The molecule has 0 unspecified atom stereocenters. The van der Waals surface area contributed by atoms with Crippen molar-refractivity contribution in [2.24, 2.45) is 5.92 Å². The van der Waals surface area contributed by atoms with Gasteiger partial charge in [-0.3, -0.25) is 9.59 Å².